The van der Waals surface area contributed by atoms with Gasteiger partial charge in [-0.15, -0.1) is 0 Å². The highest BCUT2D eigenvalue weighted by atomic mass is 16.5. The third-order valence-corrected chi connectivity index (χ3v) is 4.71. The summed E-state index contributed by atoms with van der Waals surface area (Å²) < 4.78 is 7.77. The van der Waals surface area contributed by atoms with Crippen LogP contribution in [0.1, 0.15) is 65.4 Å². The van der Waals surface area contributed by atoms with Gasteiger partial charge in [-0.1, -0.05) is 13.8 Å². The second kappa shape index (κ2) is 6.39. The number of hydrogen-bond donors (Lipinski definition) is 2. The Bertz CT molecular complexity index is 746. The van der Waals surface area contributed by atoms with Crippen molar-refractivity contribution >= 4 is 5.91 Å². The molecule has 2 aromatic heterocycles. The molecule has 0 aliphatic carbocycles. The van der Waals surface area contributed by atoms with Gasteiger partial charge < -0.3 is 10.1 Å². The molecular formula is C17H25N5O2. The molecule has 1 saturated heterocycles. The minimum Gasteiger partial charge on any atom is -0.371 e. The van der Waals surface area contributed by atoms with Gasteiger partial charge in [0.25, 0.3) is 5.91 Å². The molecule has 2 atom stereocenters. The van der Waals surface area contributed by atoms with Gasteiger partial charge in [0.15, 0.2) is 0 Å². The van der Waals surface area contributed by atoms with Crippen LogP contribution in [-0.2, 0) is 11.8 Å². The summed E-state index contributed by atoms with van der Waals surface area (Å²) in [4.78, 5) is 12.5. The molecule has 1 aliphatic rings. The third kappa shape index (κ3) is 2.96. The van der Waals surface area contributed by atoms with Gasteiger partial charge in [-0.25, -0.2) is 0 Å². The number of carbonyl (C=O) groups is 1. The van der Waals surface area contributed by atoms with Crippen molar-refractivity contribution in [3.63, 3.8) is 0 Å². The maximum Gasteiger partial charge on any atom is 0.272 e. The molecule has 7 heteroatoms. The number of ether oxygens (including phenoxy) is 1. The summed E-state index contributed by atoms with van der Waals surface area (Å²) in [5, 5.41) is 14.6. The molecule has 3 rings (SSSR count). The fourth-order valence-corrected chi connectivity index (χ4v) is 3.21. The van der Waals surface area contributed by atoms with Gasteiger partial charge in [0, 0.05) is 30.6 Å². The van der Waals surface area contributed by atoms with Crippen LogP contribution in [0.2, 0.25) is 0 Å². The lowest BCUT2D eigenvalue weighted by molar-refractivity contribution is 0.0813. The summed E-state index contributed by atoms with van der Waals surface area (Å²) in [6.07, 6.45) is 0.622. The molecule has 1 fully saturated rings. The SMILES string of the molecule is Cc1nn(C)c(C)c1[C@H]1OCC[C@@H]1NC(=O)c1cc(C(C)C)[nH]n1. The van der Waals surface area contributed by atoms with Crippen LogP contribution in [0.25, 0.3) is 0 Å². The highest BCUT2D eigenvalue weighted by Gasteiger charge is 2.35. The van der Waals surface area contributed by atoms with E-state index in [1.165, 1.54) is 0 Å². The van der Waals surface area contributed by atoms with E-state index in [0.717, 1.165) is 29.1 Å². The Morgan fingerprint density at radius 1 is 1.46 bits per heavy atom. The molecule has 130 valence electrons. The average Bonchev–Trinajstić information content (AvgIpc) is 3.21. The first-order chi connectivity index (χ1) is 11.4. The van der Waals surface area contributed by atoms with Crippen molar-refractivity contribution in [2.24, 2.45) is 7.05 Å². The van der Waals surface area contributed by atoms with E-state index in [2.05, 4.69) is 34.5 Å². The smallest absolute Gasteiger partial charge is 0.272 e. The van der Waals surface area contributed by atoms with Crippen LogP contribution in [-0.4, -0.2) is 38.5 Å². The topological polar surface area (TPSA) is 84.8 Å². The van der Waals surface area contributed by atoms with Crippen LogP contribution in [0.4, 0.5) is 0 Å². The minimum atomic E-state index is -0.169. The number of aryl methyl sites for hydroxylation is 2. The van der Waals surface area contributed by atoms with Crippen molar-refractivity contribution in [3.8, 4) is 0 Å². The number of aromatic nitrogens is 4. The Morgan fingerprint density at radius 2 is 2.21 bits per heavy atom. The second-order valence-corrected chi connectivity index (χ2v) is 6.73. The Hall–Kier alpha value is -2.15. The van der Waals surface area contributed by atoms with Crippen LogP contribution in [0.3, 0.4) is 0 Å². The van der Waals surface area contributed by atoms with Gasteiger partial charge in [0.05, 0.1) is 11.7 Å². The molecule has 2 N–H and O–H groups in total. The predicted molar refractivity (Wildman–Crippen MR) is 89.9 cm³/mol. The van der Waals surface area contributed by atoms with E-state index in [9.17, 15) is 4.79 Å². The second-order valence-electron chi connectivity index (χ2n) is 6.73. The number of nitrogens with zero attached hydrogens (tertiary/aromatic N) is 3. The van der Waals surface area contributed by atoms with E-state index < -0.39 is 0 Å². The fourth-order valence-electron chi connectivity index (χ4n) is 3.21. The third-order valence-electron chi connectivity index (χ3n) is 4.71. The Labute approximate surface area is 141 Å². The quantitative estimate of drug-likeness (QED) is 0.899. The first kappa shape index (κ1) is 16.7. The summed E-state index contributed by atoms with van der Waals surface area (Å²) >= 11 is 0. The normalized spacial score (nSPS) is 20.8. The molecule has 0 aromatic carbocycles. The largest absolute Gasteiger partial charge is 0.371 e. The van der Waals surface area contributed by atoms with Gasteiger partial charge >= 0.3 is 0 Å². The fraction of sp³-hybridized carbons (Fsp3) is 0.588. The number of H-pyrrole nitrogens is 1. The number of amides is 1. The number of nitrogens with one attached hydrogen (secondary N) is 2. The van der Waals surface area contributed by atoms with Crippen molar-refractivity contribution in [1.82, 2.24) is 25.3 Å². The van der Waals surface area contributed by atoms with E-state index in [4.69, 9.17) is 4.74 Å². The molecule has 24 heavy (non-hydrogen) atoms. The van der Waals surface area contributed by atoms with E-state index in [0.29, 0.717) is 18.2 Å². The van der Waals surface area contributed by atoms with Crippen molar-refractivity contribution in [1.29, 1.82) is 0 Å². The molecule has 0 spiro atoms. The van der Waals surface area contributed by atoms with Gasteiger partial charge in [-0.2, -0.15) is 10.2 Å². The molecule has 1 aliphatic heterocycles. The first-order valence-corrected chi connectivity index (χ1v) is 8.36. The van der Waals surface area contributed by atoms with Crippen LogP contribution in [0.5, 0.6) is 0 Å². The highest BCUT2D eigenvalue weighted by Crippen LogP contribution is 2.33. The van der Waals surface area contributed by atoms with Crippen LogP contribution < -0.4 is 5.32 Å². The standard InChI is InChI=1S/C17H25N5O2/c1-9(2)13-8-14(20-19-13)17(23)18-12-6-7-24-16(12)15-10(3)21-22(5)11(15)4/h8-9,12,16H,6-7H2,1-5H3,(H,18,23)(H,19,20)/t12-,16-/m0/s1. The number of hydrogen-bond acceptors (Lipinski definition) is 4. The molecule has 0 radical (unpaired) electrons. The van der Waals surface area contributed by atoms with E-state index in [-0.39, 0.29) is 18.1 Å². The summed E-state index contributed by atoms with van der Waals surface area (Å²) in [7, 11) is 1.92. The lowest BCUT2D eigenvalue weighted by atomic mass is 10.00. The van der Waals surface area contributed by atoms with Crippen molar-refractivity contribution < 1.29 is 9.53 Å². The summed E-state index contributed by atoms with van der Waals surface area (Å²) in [5.41, 5.74) is 4.47. The molecular weight excluding hydrogens is 306 g/mol. The molecule has 1 amide bonds. The summed E-state index contributed by atoms with van der Waals surface area (Å²) in [6, 6.07) is 1.74. The van der Waals surface area contributed by atoms with E-state index in [1.807, 2.05) is 31.6 Å². The molecule has 0 saturated carbocycles. The Balaban J connectivity index is 1.77. The molecule has 0 unspecified atom stereocenters. The van der Waals surface area contributed by atoms with Gasteiger partial charge in [-0.3, -0.25) is 14.6 Å². The Kier molecular flexibility index (Phi) is 4.45. The minimum absolute atomic E-state index is 0.0710. The predicted octanol–water partition coefficient (Wildman–Crippen LogP) is 2.14. The van der Waals surface area contributed by atoms with Crippen LogP contribution in [0, 0.1) is 13.8 Å². The zero-order valence-electron chi connectivity index (χ0n) is 14.9. The number of rotatable bonds is 4. The average molecular weight is 331 g/mol. The maximum absolute atomic E-state index is 12.5. The first-order valence-electron chi connectivity index (χ1n) is 8.36. The van der Waals surface area contributed by atoms with Crippen molar-refractivity contribution in [3.05, 3.63) is 34.4 Å². The zero-order valence-corrected chi connectivity index (χ0v) is 14.9. The van der Waals surface area contributed by atoms with Gasteiger partial charge in [-0.05, 0) is 32.3 Å². The van der Waals surface area contributed by atoms with Gasteiger partial charge in [0.1, 0.15) is 11.8 Å². The summed E-state index contributed by atoms with van der Waals surface area (Å²) in [6.45, 7) is 8.75. The number of aromatic amines is 1. The van der Waals surface area contributed by atoms with Crippen molar-refractivity contribution in [2.45, 2.75) is 52.2 Å². The Morgan fingerprint density at radius 3 is 2.79 bits per heavy atom. The highest BCUT2D eigenvalue weighted by molar-refractivity contribution is 5.92. The number of carbonyl (C=O) groups excluding carboxylic acids is 1. The molecule has 7 nitrogen and oxygen atoms in total. The lowest BCUT2D eigenvalue weighted by Gasteiger charge is -2.20. The molecule has 0 bridgehead atoms. The lowest BCUT2D eigenvalue weighted by Crippen LogP contribution is -2.37. The summed E-state index contributed by atoms with van der Waals surface area (Å²) in [5.74, 6) is 0.139. The van der Waals surface area contributed by atoms with Crippen molar-refractivity contribution in [2.75, 3.05) is 6.61 Å². The van der Waals surface area contributed by atoms with E-state index >= 15 is 0 Å². The van der Waals surface area contributed by atoms with Crippen LogP contribution >= 0.6 is 0 Å². The monoisotopic (exact) mass is 331 g/mol. The van der Waals surface area contributed by atoms with Gasteiger partial charge in [0.2, 0.25) is 0 Å². The molecule has 3 heterocycles. The maximum atomic E-state index is 12.5. The molecule has 2 aromatic rings. The van der Waals surface area contributed by atoms with Crippen LogP contribution in [0.15, 0.2) is 6.07 Å². The zero-order chi connectivity index (χ0) is 17.4. The van der Waals surface area contributed by atoms with E-state index in [1.54, 1.807) is 0 Å².